The number of aromatic nitrogens is 1. The molecule has 0 aliphatic heterocycles. The van der Waals surface area contributed by atoms with Crippen molar-refractivity contribution in [1.82, 2.24) is 4.98 Å². The van der Waals surface area contributed by atoms with E-state index < -0.39 is 6.10 Å². The second kappa shape index (κ2) is 4.76. The molecule has 0 unspecified atom stereocenters. The van der Waals surface area contributed by atoms with Crippen molar-refractivity contribution in [2.75, 3.05) is 0 Å². The van der Waals surface area contributed by atoms with E-state index in [-0.39, 0.29) is 0 Å². The molecule has 2 aromatic rings. The second-order valence-corrected chi connectivity index (χ2v) is 4.67. The molecule has 2 rings (SSSR count). The van der Waals surface area contributed by atoms with Gasteiger partial charge in [-0.3, -0.25) is 4.98 Å². The lowest BCUT2D eigenvalue weighted by Crippen LogP contribution is -2.00. The third-order valence-electron chi connectivity index (χ3n) is 2.43. The number of pyridine rings is 1. The van der Waals surface area contributed by atoms with E-state index in [1.807, 2.05) is 37.3 Å². The van der Waals surface area contributed by atoms with Crippen LogP contribution in [0.4, 0.5) is 0 Å². The Hall–Kier alpha value is -1.19. The van der Waals surface area contributed by atoms with E-state index in [1.165, 1.54) is 5.56 Å². The van der Waals surface area contributed by atoms with Gasteiger partial charge in [-0.1, -0.05) is 29.8 Å². The summed E-state index contributed by atoms with van der Waals surface area (Å²) in [6, 6.07) is 9.72. The highest BCUT2D eigenvalue weighted by Gasteiger charge is 2.10. The molecule has 1 aromatic heterocycles. The number of halogens is 1. The summed E-state index contributed by atoms with van der Waals surface area (Å²) in [5, 5.41) is 10.1. The van der Waals surface area contributed by atoms with E-state index >= 15 is 0 Å². The van der Waals surface area contributed by atoms with Gasteiger partial charge in [0.05, 0.1) is 0 Å². The Morgan fingerprint density at radius 3 is 2.44 bits per heavy atom. The Morgan fingerprint density at radius 2 is 1.81 bits per heavy atom. The summed E-state index contributed by atoms with van der Waals surface area (Å²) in [6.07, 6.45) is 2.76. The van der Waals surface area contributed by atoms with Crippen LogP contribution in [0.5, 0.6) is 0 Å². The van der Waals surface area contributed by atoms with Crippen molar-refractivity contribution < 1.29 is 5.11 Å². The Morgan fingerprint density at radius 1 is 1.12 bits per heavy atom. The standard InChI is InChI=1S/C13H12BrNO/c1-9-2-4-10(5-3-9)13(16)11-6-12(14)8-15-7-11/h2-8,13,16H,1H3/t13-/m0/s1. The van der Waals surface area contributed by atoms with Crippen LogP contribution in [0.25, 0.3) is 0 Å². The van der Waals surface area contributed by atoms with Crippen LogP contribution in [0, 0.1) is 6.92 Å². The fourth-order valence-electron chi connectivity index (χ4n) is 1.52. The van der Waals surface area contributed by atoms with Crippen molar-refractivity contribution in [2.24, 2.45) is 0 Å². The maximum absolute atomic E-state index is 10.1. The molecule has 1 atom stereocenters. The largest absolute Gasteiger partial charge is 0.384 e. The summed E-state index contributed by atoms with van der Waals surface area (Å²) in [4.78, 5) is 4.04. The SMILES string of the molecule is Cc1ccc([C@H](O)c2cncc(Br)c2)cc1. The average molecular weight is 278 g/mol. The maximum atomic E-state index is 10.1. The molecule has 1 heterocycles. The second-order valence-electron chi connectivity index (χ2n) is 3.75. The van der Waals surface area contributed by atoms with Gasteiger partial charge in [0, 0.05) is 22.4 Å². The number of aliphatic hydroxyl groups is 1. The highest BCUT2D eigenvalue weighted by atomic mass is 79.9. The predicted molar refractivity (Wildman–Crippen MR) is 67.2 cm³/mol. The minimum atomic E-state index is -0.620. The number of benzene rings is 1. The van der Waals surface area contributed by atoms with Crippen molar-refractivity contribution >= 4 is 15.9 Å². The summed E-state index contributed by atoms with van der Waals surface area (Å²) in [7, 11) is 0. The summed E-state index contributed by atoms with van der Waals surface area (Å²) < 4.78 is 0.871. The first kappa shape index (κ1) is 11.3. The number of hydrogen-bond acceptors (Lipinski definition) is 2. The molecule has 0 aliphatic rings. The average Bonchev–Trinajstić information content (AvgIpc) is 2.29. The molecule has 82 valence electrons. The van der Waals surface area contributed by atoms with Gasteiger partial charge in [0.1, 0.15) is 6.10 Å². The number of rotatable bonds is 2. The highest BCUT2D eigenvalue weighted by molar-refractivity contribution is 9.10. The van der Waals surface area contributed by atoms with Crippen LogP contribution >= 0.6 is 15.9 Å². The Bertz CT molecular complexity index is 482. The van der Waals surface area contributed by atoms with Crippen LogP contribution in [-0.2, 0) is 0 Å². The quantitative estimate of drug-likeness (QED) is 0.914. The lowest BCUT2D eigenvalue weighted by atomic mass is 10.0. The van der Waals surface area contributed by atoms with Gasteiger partial charge in [-0.2, -0.15) is 0 Å². The van der Waals surface area contributed by atoms with Crippen LogP contribution in [0.1, 0.15) is 22.8 Å². The van der Waals surface area contributed by atoms with Gasteiger partial charge in [-0.05, 0) is 34.5 Å². The number of aliphatic hydroxyl groups excluding tert-OH is 1. The molecule has 0 radical (unpaired) electrons. The summed E-state index contributed by atoms with van der Waals surface area (Å²) >= 11 is 3.34. The maximum Gasteiger partial charge on any atom is 0.106 e. The van der Waals surface area contributed by atoms with Gasteiger partial charge in [0.15, 0.2) is 0 Å². The first-order valence-corrected chi connectivity index (χ1v) is 5.81. The minimum absolute atomic E-state index is 0.620. The van der Waals surface area contributed by atoms with Gasteiger partial charge >= 0.3 is 0 Å². The van der Waals surface area contributed by atoms with E-state index in [4.69, 9.17) is 0 Å². The topological polar surface area (TPSA) is 33.1 Å². The van der Waals surface area contributed by atoms with Crippen LogP contribution < -0.4 is 0 Å². The van der Waals surface area contributed by atoms with Gasteiger partial charge < -0.3 is 5.11 Å². The van der Waals surface area contributed by atoms with E-state index in [9.17, 15) is 5.11 Å². The molecule has 16 heavy (non-hydrogen) atoms. The first-order chi connectivity index (χ1) is 7.66. The van der Waals surface area contributed by atoms with E-state index in [0.717, 1.165) is 15.6 Å². The molecule has 0 fully saturated rings. The monoisotopic (exact) mass is 277 g/mol. The van der Waals surface area contributed by atoms with Gasteiger partial charge in [-0.15, -0.1) is 0 Å². The Kier molecular flexibility index (Phi) is 3.36. The highest BCUT2D eigenvalue weighted by Crippen LogP contribution is 2.23. The van der Waals surface area contributed by atoms with E-state index in [1.54, 1.807) is 12.4 Å². The zero-order chi connectivity index (χ0) is 11.5. The molecule has 0 spiro atoms. The fraction of sp³-hybridized carbons (Fsp3) is 0.154. The molecule has 0 bridgehead atoms. The zero-order valence-corrected chi connectivity index (χ0v) is 10.5. The number of hydrogen-bond donors (Lipinski definition) is 1. The van der Waals surface area contributed by atoms with Gasteiger partial charge in [0.25, 0.3) is 0 Å². The van der Waals surface area contributed by atoms with Crippen molar-refractivity contribution in [3.05, 3.63) is 63.9 Å². The third kappa shape index (κ3) is 2.49. The van der Waals surface area contributed by atoms with Gasteiger partial charge in [-0.25, -0.2) is 0 Å². The van der Waals surface area contributed by atoms with Crippen LogP contribution in [0.3, 0.4) is 0 Å². The lowest BCUT2D eigenvalue weighted by molar-refractivity contribution is 0.220. The molecular formula is C13H12BrNO. The van der Waals surface area contributed by atoms with Crippen LogP contribution in [-0.4, -0.2) is 10.1 Å². The summed E-state index contributed by atoms with van der Waals surface area (Å²) in [6.45, 7) is 2.02. The van der Waals surface area contributed by atoms with Crippen molar-refractivity contribution in [3.63, 3.8) is 0 Å². The van der Waals surface area contributed by atoms with Crippen molar-refractivity contribution in [1.29, 1.82) is 0 Å². The minimum Gasteiger partial charge on any atom is -0.384 e. The summed E-state index contributed by atoms with van der Waals surface area (Å²) in [5.41, 5.74) is 2.85. The van der Waals surface area contributed by atoms with Crippen molar-refractivity contribution in [3.8, 4) is 0 Å². The smallest absolute Gasteiger partial charge is 0.106 e. The molecule has 1 aromatic carbocycles. The lowest BCUT2D eigenvalue weighted by Gasteiger charge is -2.11. The number of nitrogens with zero attached hydrogens (tertiary/aromatic N) is 1. The molecule has 3 heteroatoms. The predicted octanol–water partition coefficient (Wildman–Crippen LogP) is 3.23. The molecule has 2 nitrogen and oxygen atoms in total. The molecular weight excluding hydrogens is 266 g/mol. The Labute approximate surface area is 103 Å². The molecule has 0 saturated carbocycles. The van der Waals surface area contributed by atoms with Crippen molar-refractivity contribution in [2.45, 2.75) is 13.0 Å². The van der Waals surface area contributed by atoms with E-state index in [0.29, 0.717) is 0 Å². The molecule has 1 N–H and O–H groups in total. The molecule has 0 amide bonds. The zero-order valence-electron chi connectivity index (χ0n) is 8.89. The normalized spacial score (nSPS) is 12.4. The van der Waals surface area contributed by atoms with Crippen LogP contribution in [0.2, 0.25) is 0 Å². The molecule has 0 saturated heterocycles. The third-order valence-corrected chi connectivity index (χ3v) is 2.87. The Balaban J connectivity index is 2.31. The summed E-state index contributed by atoms with van der Waals surface area (Å²) in [5.74, 6) is 0. The van der Waals surface area contributed by atoms with E-state index in [2.05, 4.69) is 20.9 Å². The van der Waals surface area contributed by atoms with Crippen LogP contribution in [0.15, 0.2) is 47.2 Å². The first-order valence-electron chi connectivity index (χ1n) is 5.02. The van der Waals surface area contributed by atoms with Gasteiger partial charge in [0.2, 0.25) is 0 Å². The molecule has 0 aliphatic carbocycles. The number of aryl methyl sites for hydroxylation is 1. The fourth-order valence-corrected chi connectivity index (χ4v) is 1.90.